The van der Waals surface area contributed by atoms with Crippen molar-refractivity contribution in [1.29, 1.82) is 0 Å². The van der Waals surface area contributed by atoms with Crippen LogP contribution in [0.4, 0.5) is 0 Å². The maximum atomic E-state index is 10.8. The van der Waals surface area contributed by atoms with Crippen LogP contribution in [0.5, 0.6) is 11.5 Å². The van der Waals surface area contributed by atoms with E-state index >= 15 is 0 Å². The van der Waals surface area contributed by atoms with E-state index in [4.69, 9.17) is 0 Å². The van der Waals surface area contributed by atoms with Crippen LogP contribution in [0, 0.1) is 17.3 Å². The number of benzene rings is 1. The second-order valence-electron chi connectivity index (χ2n) is 10.3. The predicted molar refractivity (Wildman–Crippen MR) is 110 cm³/mol. The van der Waals surface area contributed by atoms with Gasteiger partial charge in [0.2, 0.25) is 0 Å². The minimum atomic E-state index is -0.344. The average Bonchev–Trinajstić information content (AvgIpc) is 2.57. The summed E-state index contributed by atoms with van der Waals surface area (Å²) in [7, 11) is 0. The van der Waals surface area contributed by atoms with Crippen molar-refractivity contribution in [3.63, 3.8) is 0 Å². The van der Waals surface area contributed by atoms with E-state index in [-0.39, 0.29) is 34.4 Å². The molecule has 1 aromatic carbocycles. The summed E-state index contributed by atoms with van der Waals surface area (Å²) in [6.07, 6.45) is 7.20. The highest BCUT2D eigenvalue weighted by Crippen LogP contribution is 2.65. The summed E-state index contributed by atoms with van der Waals surface area (Å²) in [6, 6.07) is 3.72. The number of rotatable bonds is 7. The van der Waals surface area contributed by atoms with Gasteiger partial charge in [0.1, 0.15) is 11.5 Å². The predicted octanol–water partition coefficient (Wildman–Crippen LogP) is 5.86. The van der Waals surface area contributed by atoms with Gasteiger partial charge in [-0.2, -0.15) is 0 Å². The first kappa shape index (κ1) is 20.5. The van der Waals surface area contributed by atoms with Gasteiger partial charge in [0.25, 0.3) is 0 Å². The molecule has 2 bridgehead atoms. The summed E-state index contributed by atoms with van der Waals surface area (Å²) in [6.45, 7) is 11.0. The summed E-state index contributed by atoms with van der Waals surface area (Å²) < 4.78 is 0. The normalized spacial score (nSPS) is 29.4. The molecule has 27 heavy (non-hydrogen) atoms. The summed E-state index contributed by atoms with van der Waals surface area (Å²) in [5, 5.41) is 32.2. The Kier molecular flexibility index (Phi) is 5.55. The van der Waals surface area contributed by atoms with Crippen LogP contribution in [0.2, 0.25) is 0 Å². The monoisotopic (exact) mass is 374 g/mol. The molecule has 0 aliphatic heterocycles. The Hall–Kier alpha value is -1.22. The van der Waals surface area contributed by atoms with Crippen molar-refractivity contribution >= 4 is 0 Å². The van der Waals surface area contributed by atoms with Gasteiger partial charge in [-0.25, -0.2) is 0 Å². The van der Waals surface area contributed by atoms with Gasteiger partial charge >= 0.3 is 0 Å². The number of phenols is 2. The van der Waals surface area contributed by atoms with Gasteiger partial charge in [-0.3, -0.25) is 0 Å². The van der Waals surface area contributed by atoms with E-state index in [9.17, 15) is 15.3 Å². The molecule has 0 spiro atoms. The number of aliphatic hydroxyl groups is 1. The first-order chi connectivity index (χ1) is 12.6. The Morgan fingerprint density at radius 2 is 1.63 bits per heavy atom. The molecule has 0 radical (unpaired) electrons. The third-order valence-corrected chi connectivity index (χ3v) is 7.81. The number of aromatic hydroxyl groups is 2. The zero-order chi connectivity index (χ0) is 20.0. The van der Waals surface area contributed by atoms with Gasteiger partial charge in [-0.05, 0) is 65.5 Å². The highest BCUT2D eigenvalue weighted by molar-refractivity contribution is 5.51. The van der Waals surface area contributed by atoms with E-state index in [1.54, 1.807) is 0 Å². The van der Waals surface area contributed by atoms with Crippen molar-refractivity contribution in [2.75, 3.05) is 0 Å². The Morgan fingerprint density at radius 1 is 1.00 bits per heavy atom. The van der Waals surface area contributed by atoms with Crippen LogP contribution < -0.4 is 0 Å². The summed E-state index contributed by atoms with van der Waals surface area (Å²) in [5.41, 5.74) is 1.64. The molecular weight excluding hydrogens is 336 g/mol. The standard InChI is InChI=1S/C24H38O3/c1-6-7-8-9-10-23(2,3)15-11-20(26)22(21(27)12-15)16-13-19(25)18-14-17(16)24(18,4)5/h11-12,16-19,25-27H,6-10,13-14H2,1-5H3. The molecule has 0 aromatic heterocycles. The number of phenolic OH excluding ortho intramolecular Hbond substituents is 2. The van der Waals surface area contributed by atoms with E-state index in [1.807, 2.05) is 12.1 Å². The van der Waals surface area contributed by atoms with Crippen LogP contribution in [-0.4, -0.2) is 21.4 Å². The van der Waals surface area contributed by atoms with Gasteiger partial charge < -0.3 is 15.3 Å². The van der Waals surface area contributed by atoms with Crippen LogP contribution in [-0.2, 0) is 5.41 Å². The van der Waals surface area contributed by atoms with Crippen molar-refractivity contribution in [1.82, 2.24) is 0 Å². The highest BCUT2D eigenvalue weighted by atomic mass is 16.3. The lowest BCUT2D eigenvalue weighted by atomic mass is 9.44. The highest BCUT2D eigenvalue weighted by Gasteiger charge is 2.59. The maximum Gasteiger partial charge on any atom is 0.123 e. The fourth-order valence-electron chi connectivity index (χ4n) is 5.77. The molecule has 152 valence electrons. The Morgan fingerprint density at radius 3 is 2.15 bits per heavy atom. The van der Waals surface area contributed by atoms with Gasteiger partial charge in [0, 0.05) is 5.56 Å². The number of hydrogen-bond donors (Lipinski definition) is 3. The van der Waals surface area contributed by atoms with Gasteiger partial charge in [0.15, 0.2) is 0 Å². The van der Waals surface area contributed by atoms with Gasteiger partial charge in [0.05, 0.1) is 6.10 Å². The first-order valence-corrected chi connectivity index (χ1v) is 10.8. The van der Waals surface area contributed by atoms with Crippen LogP contribution in [0.1, 0.15) is 96.6 Å². The van der Waals surface area contributed by atoms with E-state index in [0.717, 1.165) is 24.8 Å². The lowest BCUT2D eigenvalue weighted by molar-refractivity contribution is -0.152. The fraction of sp³-hybridized carbons (Fsp3) is 0.750. The topological polar surface area (TPSA) is 60.7 Å². The molecule has 3 N–H and O–H groups in total. The van der Waals surface area contributed by atoms with E-state index in [0.29, 0.717) is 23.8 Å². The van der Waals surface area contributed by atoms with Crippen LogP contribution in [0.25, 0.3) is 0 Å². The second kappa shape index (κ2) is 7.31. The molecular formula is C24H38O3. The summed E-state index contributed by atoms with van der Waals surface area (Å²) in [5.74, 6) is 1.19. The van der Waals surface area contributed by atoms with Crippen molar-refractivity contribution in [3.8, 4) is 11.5 Å². The lowest BCUT2D eigenvalue weighted by Gasteiger charge is -2.62. The third-order valence-electron chi connectivity index (χ3n) is 7.81. The van der Waals surface area contributed by atoms with Gasteiger partial charge in [-0.15, -0.1) is 0 Å². The SMILES string of the molecule is CCCCCCC(C)(C)c1cc(O)c(C2CC(O)C3CC2C3(C)C)c(O)c1. The maximum absolute atomic E-state index is 10.8. The average molecular weight is 375 g/mol. The molecule has 0 saturated heterocycles. The van der Waals surface area contributed by atoms with Crippen LogP contribution in [0.3, 0.4) is 0 Å². The van der Waals surface area contributed by atoms with Crippen molar-refractivity contribution in [2.45, 2.75) is 97.0 Å². The molecule has 3 heteroatoms. The Balaban J connectivity index is 1.83. The molecule has 4 unspecified atom stereocenters. The lowest BCUT2D eigenvalue weighted by Crippen LogP contribution is -2.57. The zero-order valence-corrected chi connectivity index (χ0v) is 17.8. The Bertz CT molecular complexity index is 653. The van der Waals surface area contributed by atoms with Crippen LogP contribution >= 0.6 is 0 Å². The smallest absolute Gasteiger partial charge is 0.123 e. The summed E-state index contributed by atoms with van der Waals surface area (Å²) >= 11 is 0. The fourth-order valence-corrected chi connectivity index (χ4v) is 5.77. The Labute approximate surface area is 164 Å². The van der Waals surface area contributed by atoms with Crippen molar-refractivity contribution in [2.24, 2.45) is 17.3 Å². The van der Waals surface area contributed by atoms with Gasteiger partial charge in [-0.1, -0.05) is 60.3 Å². The third kappa shape index (κ3) is 3.60. The molecule has 3 aliphatic rings. The number of hydrogen-bond acceptors (Lipinski definition) is 3. The number of fused-ring (bicyclic) bond motifs is 2. The molecule has 3 fully saturated rings. The molecule has 0 amide bonds. The van der Waals surface area contributed by atoms with E-state index in [2.05, 4.69) is 34.6 Å². The van der Waals surface area contributed by atoms with Crippen molar-refractivity contribution < 1.29 is 15.3 Å². The molecule has 3 aliphatic carbocycles. The largest absolute Gasteiger partial charge is 0.508 e. The molecule has 4 atom stereocenters. The van der Waals surface area contributed by atoms with Crippen LogP contribution in [0.15, 0.2) is 12.1 Å². The first-order valence-electron chi connectivity index (χ1n) is 10.8. The minimum Gasteiger partial charge on any atom is -0.508 e. The number of unbranched alkanes of at least 4 members (excludes halogenated alkanes) is 3. The molecule has 0 heterocycles. The quantitative estimate of drug-likeness (QED) is 0.524. The molecule has 3 nitrogen and oxygen atoms in total. The summed E-state index contributed by atoms with van der Waals surface area (Å²) in [4.78, 5) is 0. The minimum absolute atomic E-state index is 0.0294. The van der Waals surface area contributed by atoms with E-state index in [1.165, 1.54) is 19.3 Å². The number of aliphatic hydroxyl groups excluding tert-OH is 1. The zero-order valence-electron chi connectivity index (χ0n) is 17.8. The second-order valence-corrected chi connectivity index (χ2v) is 10.3. The molecule has 1 aromatic rings. The van der Waals surface area contributed by atoms with Crippen molar-refractivity contribution in [3.05, 3.63) is 23.3 Å². The molecule has 3 saturated carbocycles. The van der Waals surface area contributed by atoms with E-state index < -0.39 is 0 Å². The molecule has 4 rings (SSSR count).